The lowest BCUT2D eigenvalue weighted by Gasteiger charge is -2.33. The maximum Gasteiger partial charge on any atom is 0.129 e. The topological polar surface area (TPSA) is 12.0 Å². The summed E-state index contributed by atoms with van der Waals surface area (Å²) in [6.07, 6.45) is 1.08. The van der Waals surface area contributed by atoms with E-state index in [1.54, 1.807) is 0 Å². The third-order valence-electron chi connectivity index (χ3n) is 3.17. The highest BCUT2D eigenvalue weighted by molar-refractivity contribution is 7.99. The van der Waals surface area contributed by atoms with Crippen molar-refractivity contribution in [3.63, 3.8) is 0 Å². The molecule has 1 N–H and O–H groups in total. The van der Waals surface area contributed by atoms with E-state index in [0.717, 1.165) is 29.8 Å². The van der Waals surface area contributed by atoms with Gasteiger partial charge in [0.15, 0.2) is 0 Å². The summed E-state index contributed by atoms with van der Waals surface area (Å²) in [6.45, 7) is 5.13. The molecule has 0 saturated heterocycles. The molecule has 1 nitrogen and oxygen atoms in total. The normalized spacial score (nSPS) is 23.5. The van der Waals surface area contributed by atoms with Crippen LogP contribution < -0.4 is 5.32 Å². The molecule has 0 aromatic heterocycles. The molecule has 1 aliphatic heterocycles. The van der Waals surface area contributed by atoms with E-state index in [4.69, 9.17) is 11.6 Å². The van der Waals surface area contributed by atoms with Crippen LogP contribution in [0.1, 0.15) is 37.4 Å². The van der Waals surface area contributed by atoms with Gasteiger partial charge in [0.05, 0.1) is 0 Å². The average molecular weight is 274 g/mol. The molecule has 0 fully saturated rings. The molecule has 17 heavy (non-hydrogen) atoms. The van der Waals surface area contributed by atoms with E-state index in [2.05, 4.69) is 19.2 Å². The van der Waals surface area contributed by atoms with Crippen LogP contribution in [0.4, 0.5) is 4.39 Å². The zero-order chi connectivity index (χ0) is 12.4. The Bertz CT molecular complexity index is 411. The Morgan fingerprint density at radius 3 is 2.88 bits per heavy atom. The van der Waals surface area contributed by atoms with Gasteiger partial charge in [0.1, 0.15) is 5.82 Å². The molecule has 0 amide bonds. The molecule has 2 rings (SSSR count). The highest BCUT2D eigenvalue weighted by Gasteiger charge is 2.30. The zero-order valence-electron chi connectivity index (χ0n) is 10.1. The molecule has 0 aliphatic carbocycles. The number of nitrogens with one attached hydrogen (secondary N) is 1. The van der Waals surface area contributed by atoms with E-state index in [-0.39, 0.29) is 11.9 Å². The van der Waals surface area contributed by atoms with Gasteiger partial charge >= 0.3 is 0 Å². The van der Waals surface area contributed by atoms with E-state index < -0.39 is 0 Å². The predicted molar refractivity (Wildman–Crippen MR) is 73.2 cm³/mol. The molecule has 94 valence electrons. The fourth-order valence-corrected chi connectivity index (χ4v) is 3.92. The summed E-state index contributed by atoms with van der Waals surface area (Å²) >= 11 is 7.79. The maximum absolute atomic E-state index is 13.9. The van der Waals surface area contributed by atoms with Crippen LogP contribution in [0.25, 0.3) is 0 Å². The van der Waals surface area contributed by atoms with Crippen molar-refractivity contribution in [2.24, 2.45) is 0 Å². The zero-order valence-corrected chi connectivity index (χ0v) is 11.7. The second-order valence-corrected chi connectivity index (χ2v) is 5.91. The molecule has 0 bridgehead atoms. The van der Waals surface area contributed by atoms with E-state index >= 15 is 0 Å². The second kappa shape index (κ2) is 5.59. The van der Waals surface area contributed by atoms with Gasteiger partial charge in [0, 0.05) is 27.6 Å². The fraction of sp³-hybridized carbons (Fsp3) is 0.538. The van der Waals surface area contributed by atoms with E-state index in [0.29, 0.717) is 10.3 Å². The third kappa shape index (κ3) is 2.61. The Hall–Kier alpha value is -0.250. The largest absolute Gasteiger partial charge is 0.309 e. The standard InChI is InChI=1S/C13H17ClFNS/c1-3-12-13(16-4-2)9-5-8(14)6-11(15)10(9)7-17-12/h5-6,12-13,16H,3-4,7H2,1-2H3. The van der Waals surface area contributed by atoms with E-state index in [1.807, 2.05) is 17.8 Å². The summed E-state index contributed by atoms with van der Waals surface area (Å²) < 4.78 is 13.9. The van der Waals surface area contributed by atoms with Crippen molar-refractivity contribution in [1.29, 1.82) is 0 Å². The van der Waals surface area contributed by atoms with Crippen molar-refractivity contribution >= 4 is 23.4 Å². The van der Waals surface area contributed by atoms with Crippen molar-refractivity contribution in [2.75, 3.05) is 6.54 Å². The number of hydrogen-bond donors (Lipinski definition) is 1. The van der Waals surface area contributed by atoms with Gasteiger partial charge in [0.2, 0.25) is 0 Å². The fourth-order valence-electron chi connectivity index (χ4n) is 2.35. The number of thioether (sulfide) groups is 1. The molecule has 1 aliphatic rings. The highest BCUT2D eigenvalue weighted by atomic mass is 35.5. The Morgan fingerprint density at radius 1 is 1.47 bits per heavy atom. The molecule has 0 radical (unpaired) electrons. The number of hydrogen-bond acceptors (Lipinski definition) is 2. The van der Waals surface area contributed by atoms with Crippen LogP contribution >= 0.6 is 23.4 Å². The van der Waals surface area contributed by atoms with Gasteiger partial charge < -0.3 is 5.32 Å². The molecule has 1 aromatic carbocycles. The van der Waals surface area contributed by atoms with Gasteiger partial charge in [-0.25, -0.2) is 4.39 Å². The number of rotatable bonds is 3. The number of fused-ring (bicyclic) bond motifs is 1. The number of halogens is 2. The molecule has 2 unspecified atom stereocenters. The summed E-state index contributed by atoms with van der Waals surface area (Å²) in [5.74, 6) is 0.580. The van der Waals surface area contributed by atoms with Crippen molar-refractivity contribution < 1.29 is 4.39 Å². The van der Waals surface area contributed by atoms with E-state index in [1.165, 1.54) is 6.07 Å². The highest BCUT2D eigenvalue weighted by Crippen LogP contribution is 2.41. The molecule has 2 atom stereocenters. The monoisotopic (exact) mass is 273 g/mol. The van der Waals surface area contributed by atoms with Crippen LogP contribution in [0.15, 0.2) is 12.1 Å². The summed E-state index contributed by atoms with van der Waals surface area (Å²) in [4.78, 5) is 0. The molecular formula is C13H17ClFNS. The number of benzene rings is 1. The maximum atomic E-state index is 13.9. The minimum absolute atomic E-state index is 0.169. The predicted octanol–water partition coefficient (Wildman–Crippen LogP) is 4.16. The lowest BCUT2D eigenvalue weighted by Crippen LogP contribution is -2.33. The molecule has 1 aromatic rings. The van der Waals surface area contributed by atoms with Gasteiger partial charge in [-0.05, 0) is 30.7 Å². The Kier molecular flexibility index (Phi) is 4.34. The summed E-state index contributed by atoms with van der Waals surface area (Å²) in [5.41, 5.74) is 1.86. The lowest BCUT2D eigenvalue weighted by molar-refractivity contribution is 0.505. The van der Waals surface area contributed by atoms with Crippen molar-refractivity contribution in [2.45, 2.75) is 37.3 Å². The molecule has 4 heteroatoms. The van der Waals surface area contributed by atoms with Crippen LogP contribution in [-0.2, 0) is 5.75 Å². The quantitative estimate of drug-likeness (QED) is 0.888. The Morgan fingerprint density at radius 2 is 2.24 bits per heavy atom. The first-order valence-corrected chi connectivity index (χ1v) is 7.42. The van der Waals surface area contributed by atoms with Crippen molar-refractivity contribution in [3.05, 3.63) is 34.1 Å². The SMILES string of the molecule is CCNC1c2cc(Cl)cc(F)c2CSC1CC. The molecule has 0 saturated carbocycles. The van der Waals surface area contributed by atoms with Crippen LogP contribution in [-0.4, -0.2) is 11.8 Å². The first-order valence-electron chi connectivity index (χ1n) is 6.00. The van der Waals surface area contributed by atoms with Crippen molar-refractivity contribution in [1.82, 2.24) is 5.32 Å². The minimum Gasteiger partial charge on any atom is -0.309 e. The minimum atomic E-state index is -0.169. The van der Waals surface area contributed by atoms with Crippen LogP contribution in [0, 0.1) is 5.82 Å². The van der Waals surface area contributed by atoms with Gasteiger partial charge in [0.25, 0.3) is 0 Å². The first kappa shape index (κ1) is 13.2. The van der Waals surface area contributed by atoms with Crippen LogP contribution in [0.5, 0.6) is 0 Å². The van der Waals surface area contributed by atoms with Gasteiger partial charge in [-0.2, -0.15) is 11.8 Å². The van der Waals surface area contributed by atoms with Gasteiger partial charge in [-0.3, -0.25) is 0 Å². The van der Waals surface area contributed by atoms with Crippen molar-refractivity contribution in [3.8, 4) is 0 Å². The molecule has 1 heterocycles. The Balaban J connectivity index is 2.43. The lowest BCUT2D eigenvalue weighted by atomic mass is 9.96. The third-order valence-corrected chi connectivity index (χ3v) is 4.88. The summed E-state index contributed by atoms with van der Waals surface area (Å²) in [5, 5.41) is 4.44. The van der Waals surface area contributed by atoms with E-state index in [9.17, 15) is 4.39 Å². The smallest absolute Gasteiger partial charge is 0.129 e. The Labute approximate surface area is 111 Å². The molecule has 0 spiro atoms. The average Bonchev–Trinajstić information content (AvgIpc) is 2.30. The van der Waals surface area contributed by atoms with Crippen LogP contribution in [0.3, 0.4) is 0 Å². The molecular weight excluding hydrogens is 257 g/mol. The van der Waals surface area contributed by atoms with Crippen LogP contribution in [0.2, 0.25) is 5.02 Å². The summed E-state index contributed by atoms with van der Waals surface area (Å²) in [7, 11) is 0. The first-order chi connectivity index (χ1) is 8.17. The van der Waals surface area contributed by atoms with Gasteiger partial charge in [-0.15, -0.1) is 0 Å². The second-order valence-electron chi connectivity index (χ2n) is 4.25. The van der Waals surface area contributed by atoms with Gasteiger partial charge in [-0.1, -0.05) is 25.4 Å². The summed E-state index contributed by atoms with van der Waals surface area (Å²) in [6, 6.07) is 3.54.